The van der Waals surface area contributed by atoms with Crippen molar-refractivity contribution in [1.29, 1.82) is 0 Å². The van der Waals surface area contributed by atoms with E-state index in [0.29, 0.717) is 0 Å². The third kappa shape index (κ3) is 7.18. The Bertz CT molecular complexity index is 965. The molecule has 2 heteroatoms. The molecular weight excluding hydrogens is 376 g/mol. The highest BCUT2D eigenvalue weighted by molar-refractivity contribution is 5.71. The van der Waals surface area contributed by atoms with E-state index >= 15 is 0 Å². The zero-order valence-corrected chi connectivity index (χ0v) is 19.5. The van der Waals surface area contributed by atoms with Crippen molar-refractivity contribution in [2.45, 2.75) is 47.5 Å². The number of hydrogen-bond donors (Lipinski definition) is 0. The van der Waals surface area contributed by atoms with E-state index in [9.17, 15) is 0 Å². The Morgan fingerprint density at radius 2 is 1.00 bits per heavy atom. The fourth-order valence-electron chi connectivity index (χ4n) is 2.87. The zero-order chi connectivity index (χ0) is 22.5. The van der Waals surface area contributed by atoms with E-state index in [1.165, 1.54) is 18.4 Å². The number of aryl methyl sites for hydroxylation is 1. The summed E-state index contributed by atoms with van der Waals surface area (Å²) in [5, 5.41) is 0. The standard InChI is InChI=1S/C23H18N2.C4H10.C2H6/c1-17-9-8-14-20(15-17)23-24-21(18-10-4-2-5-11-18)16-22(25-23)19-12-6-3-7-13-19;1-3-4-2;1-2/h2-16H,1H3;3-4H2,1-2H3;1-2H3. The molecule has 0 bridgehead atoms. The van der Waals surface area contributed by atoms with Crippen molar-refractivity contribution >= 4 is 0 Å². The summed E-state index contributed by atoms with van der Waals surface area (Å²) in [6.07, 6.45) is 2.64. The summed E-state index contributed by atoms with van der Waals surface area (Å²) in [6.45, 7) is 10.4. The smallest absolute Gasteiger partial charge is 0.160 e. The Hall–Kier alpha value is -3.26. The fourth-order valence-corrected chi connectivity index (χ4v) is 2.87. The summed E-state index contributed by atoms with van der Waals surface area (Å²) in [7, 11) is 0. The van der Waals surface area contributed by atoms with Crippen LogP contribution >= 0.6 is 0 Å². The van der Waals surface area contributed by atoms with Crippen molar-refractivity contribution in [1.82, 2.24) is 9.97 Å². The third-order valence-electron chi connectivity index (χ3n) is 4.64. The number of benzene rings is 3. The van der Waals surface area contributed by atoms with Crippen molar-refractivity contribution < 1.29 is 0 Å². The Labute approximate surface area is 188 Å². The first-order chi connectivity index (χ1) is 15.2. The lowest BCUT2D eigenvalue weighted by Crippen LogP contribution is -1.96. The van der Waals surface area contributed by atoms with Crippen molar-refractivity contribution in [2.24, 2.45) is 0 Å². The summed E-state index contributed by atoms with van der Waals surface area (Å²) in [4.78, 5) is 9.66. The molecule has 3 aromatic carbocycles. The number of hydrogen-bond acceptors (Lipinski definition) is 2. The monoisotopic (exact) mass is 410 g/mol. The van der Waals surface area contributed by atoms with Gasteiger partial charge in [0, 0.05) is 16.7 Å². The van der Waals surface area contributed by atoms with Gasteiger partial charge >= 0.3 is 0 Å². The second kappa shape index (κ2) is 13.1. The van der Waals surface area contributed by atoms with Gasteiger partial charge in [0.25, 0.3) is 0 Å². The van der Waals surface area contributed by atoms with Crippen molar-refractivity contribution in [3.8, 4) is 33.9 Å². The van der Waals surface area contributed by atoms with Gasteiger partial charge in [-0.25, -0.2) is 9.97 Å². The molecule has 0 fully saturated rings. The van der Waals surface area contributed by atoms with E-state index in [1.54, 1.807) is 0 Å². The molecule has 31 heavy (non-hydrogen) atoms. The van der Waals surface area contributed by atoms with Gasteiger partial charge in [-0.1, -0.05) is 125 Å². The van der Waals surface area contributed by atoms with Gasteiger partial charge in [0.15, 0.2) is 5.82 Å². The van der Waals surface area contributed by atoms with Gasteiger partial charge in [0.1, 0.15) is 0 Å². The molecule has 0 saturated heterocycles. The largest absolute Gasteiger partial charge is 0.228 e. The Morgan fingerprint density at radius 1 is 0.548 bits per heavy atom. The predicted octanol–water partition coefficient (Wildman–Crippen LogP) is 8.62. The summed E-state index contributed by atoms with van der Waals surface area (Å²) in [6, 6.07) is 30.9. The van der Waals surface area contributed by atoms with Crippen LogP contribution in [0.15, 0.2) is 91.0 Å². The Morgan fingerprint density at radius 3 is 1.42 bits per heavy atom. The SMILES string of the molecule is CC.CCCC.Cc1cccc(-c2nc(-c3ccccc3)cc(-c3ccccc3)n2)c1. The fraction of sp³-hybridized carbons (Fsp3) is 0.241. The predicted molar refractivity (Wildman–Crippen MR) is 135 cm³/mol. The molecule has 160 valence electrons. The van der Waals surface area contributed by atoms with Crippen molar-refractivity contribution in [3.63, 3.8) is 0 Å². The van der Waals surface area contributed by atoms with Gasteiger partial charge in [-0.2, -0.15) is 0 Å². The van der Waals surface area contributed by atoms with Crippen LogP contribution in [-0.2, 0) is 0 Å². The highest BCUT2D eigenvalue weighted by Gasteiger charge is 2.10. The number of nitrogens with zero attached hydrogens (tertiary/aromatic N) is 2. The lowest BCUT2D eigenvalue weighted by atomic mass is 10.1. The summed E-state index contributed by atoms with van der Waals surface area (Å²) in [5.74, 6) is 0.754. The molecule has 0 saturated carbocycles. The van der Waals surface area contributed by atoms with E-state index in [1.807, 2.05) is 56.3 Å². The quantitative estimate of drug-likeness (QED) is 0.336. The summed E-state index contributed by atoms with van der Waals surface area (Å²) >= 11 is 0. The molecule has 0 spiro atoms. The molecule has 0 N–H and O–H groups in total. The maximum atomic E-state index is 4.83. The maximum Gasteiger partial charge on any atom is 0.160 e. The Kier molecular flexibility index (Phi) is 10.2. The number of rotatable bonds is 4. The van der Waals surface area contributed by atoms with Crippen LogP contribution < -0.4 is 0 Å². The molecule has 0 atom stereocenters. The molecule has 2 nitrogen and oxygen atoms in total. The minimum absolute atomic E-state index is 0.754. The van der Waals surface area contributed by atoms with Crippen molar-refractivity contribution in [2.75, 3.05) is 0 Å². The number of unbranched alkanes of at least 4 members (excludes halogenated alkanes) is 1. The highest BCUT2D eigenvalue weighted by atomic mass is 14.9. The molecule has 4 rings (SSSR count). The van der Waals surface area contributed by atoms with Gasteiger partial charge in [-0.05, 0) is 19.1 Å². The molecular formula is C29H34N2. The van der Waals surface area contributed by atoms with E-state index < -0.39 is 0 Å². The first-order valence-corrected chi connectivity index (χ1v) is 11.3. The second-order valence-electron chi connectivity index (χ2n) is 7.06. The van der Waals surface area contributed by atoms with Crippen LogP contribution in [0.1, 0.15) is 46.1 Å². The summed E-state index contributed by atoms with van der Waals surface area (Å²) in [5.41, 5.74) is 6.30. The highest BCUT2D eigenvalue weighted by Crippen LogP contribution is 2.27. The van der Waals surface area contributed by atoms with Gasteiger partial charge in [0.05, 0.1) is 11.4 Å². The molecule has 0 unspecified atom stereocenters. The van der Waals surface area contributed by atoms with Gasteiger partial charge in [-0.15, -0.1) is 0 Å². The molecule has 1 aromatic heterocycles. The second-order valence-corrected chi connectivity index (χ2v) is 7.06. The van der Waals surface area contributed by atoms with Gasteiger partial charge in [-0.3, -0.25) is 0 Å². The maximum absolute atomic E-state index is 4.83. The average molecular weight is 411 g/mol. The summed E-state index contributed by atoms with van der Waals surface area (Å²) < 4.78 is 0. The van der Waals surface area contributed by atoms with Gasteiger partial charge in [0.2, 0.25) is 0 Å². The first kappa shape index (κ1) is 24.0. The molecule has 0 aliphatic rings. The van der Waals surface area contributed by atoms with Crippen LogP contribution in [0.4, 0.5) is 0 Å². The van der Waals surface area contributed by atoms with E-state index in [-0.39, 0.29) is 0 Å². The lowest BCUT2D eigenvalue weighted by molar-refractivity contribution is 0.886. The van der Waals surface area contributed by atoms with Crippen LogP contribution in [0.25, 0.3) is 33.9 Å². The minimum Gasteiger partial charge on any atom is -0.228 e. The van der Waals surface area contributed by atoms with Gasteiger partial charge < -0.3 is 0 Å². The number of aromatic nitrogens is 2. The van der Waals surface area contributed by atoms with Crippen LogP contribution in [0.5, 0.6) is 0 Å². The normalized spacial score (nSPS) is 9.71. The van der Waals surface area contributed by atoms with E-state index in [2.05, 4.69) is 69.3 Å². The lowest BCUT2D eigenvalue weighted by Gasteiger charge is -2.09. The van der Waals surface area contributed by atoms with Crippen molar-refractivity contribution in [3.05, 3.63) is 96.6 Å². The molecule has 1 heterocycles. The molecule has 0 amide bonds. The van der Waals surface area contributed by atoms with Crippen LogP contribution in [0.3, 0.4) is 0 Å². The van der Waals surface area contributed by atoms with Crippen LogP contribution in [-0.4, -0.2) is 9.97 Å². The Balaban J connectivity index is 0.000000513. The molecule has 0 aliphatic carbocycles. The molecule has 0 aliphatic heterocycles. The van der Waals surface area contributed by atoms with Crippen LogP contribution in [0.2, 0.25) is 0 Å². The van der Waals surface area contributed by atoms with Crippen LogP contribution in [0, 0.1) is 6.92 Å². The third-order valence-corrected chi connectivity index (χ3v) is 4.64. The average Bonchev–Trinajstić information content (AvgIpc) is 2.86. The first-order valence-electron chi connectivity index (χ1n) is 11.3. The minimum atomic E-state index is 0.754. The zero-order valence-electron chi connectivity index (χ0n) is 19.5. The van der Waals surface area contributed by atoms with E-state index in [4.69, 9.17) is 9.97 Å². The molecule has 0 radical (unpaired) electrons. The topological polar surface area (TPSA) is 25.8 Å². The van der Waals surface area contributed by atoms with E-state index in [0.717, 1.165) is 33.9 Å². The molecule has 4 aromatic rings.